The minimum absolute atomic E-state index is 0.0325. The van der Waals surface area contributed by atoms with Gasteiger partial charge >= 0.3 is 0 Å². The van der Waals surface area contributed by atoms with Crippen LogP contribution in [0.25, 0.3) is 10.9 Å². The third kappa shape index (κ3) is 4.96. The molecule has 2 aromatic heterocycles. The summed E-state index contributed by atoms with van der Waals surface area (Å²) >= 11 is 0. The molecular weight excluding hydrogens is 434 g/mol. The maximum atomic E-state index is 11.5. The van der Waals surface area contributed by atoms with E-state index in [1.54, 1.807) is 7.11 Å². The molecule has 9 nitrogen and oxygen atoms in total. The first-order valence-corrected chi connectivity index (χ1v) is 11.6. The maximum absolute atomic E-state index is 11.5. The van der Waals surface area contributed by atoms with Crippen LogP contribution in [0.4, 0.5) is 5.82 Å². The molecule has 0 aliphatic carbocycles. The second-order valence-corrected chi connectivity index (χ2v) is 8.73. The van der Waals surface area contributed by atoms with Gasteiger partial charge in [-0.15, -0.1) is 0 Å². The second kappa shape index (κ2) is 9.92. The van der Waals surface area contributed by atoms with Crippen molar-refractivity contribution in [1.29, 1.82) is 0 Å². The van der Waals surface area contributed by atoms with E-state index in [-0.39, 0.29) is 12.5 Å². The number of likely N-dealkylation sites (tertiary alicyclic amines) is 1. The molecule has 3 aromatic rings. The van der Waals surface area contributed by atoms with E-state index in [1.807, 2.05) is 42.5 Å². The normalized spacial score (nSPS) is 17.6. The Bertz CT molecular complexity index is 1180. The Morgan fingerprint density at radius 2 is 2.06 bits per heavy atom. The summed E-state index contributed by atoms with van der Waals surface area (Å²) in [4.78, 5) is 22.9. The summed E-state index contributed by atoms with van der Waals surface area (Å²) in [5, 5.41) is 18.3. The van der Waals surface area contributed by atoms with Crippen molar-refractivity contribution in [3.63, 3.8) is 0 Å². The van der Waals surface area contributed by atoms with Crippen LogP contribution >= 0.6 is 0 Å². The lowest BCUT2D eigenvalue weighted by atomic mass is 10.0. The van der Waals surface area contributed by atoms with Gasteiger partial charge in [0.05, 0.1) is 24.4 Å². The largest absolute Gasteiger partial charge is 0.481 e. The van der Waals surface area contributed by atoms with Crippen molar-refractivity contribution in [2.24, 2.45) is 0 Å². The van der Waals surface area contributed by atoms with Crippen molar-refractivity contribution < 1.29 is 19.4 Å². The molecule has 1 saturated heterocycles. The van der Waals surface area contributed by atoms with Crippen LogP contribution < -0.4 is 20.1 Å². The molecule has 0 radical (unpaired) electrons. The summed E-state index contributed by atoms with van der Waals surface area (Å²) in [6, 6.07) is 13.8. The Labute approximate surface area is 198 Å². The minimum atomic E-state index is -0.620. The molecule has 1 atom stereocenters. The number of aliphatic hydroxyl groups is 1. The molecule has 1 fully saturated rings. The molecule has 2 aliphatic rings. The topological polar surface area (TPSA) is 109 Å². The molecular formula is C25H29N5O4. The van der Waals surface area contributed by atoms with E-state index < -0.39 is 6.10 Å². The summed E-state index contributed by atoms with van der Waals surface area (Å²) < 4.78 is 10.6. The zero-order chi connectivity index (χ0) is 23.5. The SMILES string of the molecule is COc1ccc2cccc(C(O)CN3CCC(NCc4ccc5c(n4)NC(=O)CO5)CC3)c2n1. The number of pyridine rings is 2. The number of fused-ring (bicyclic) bond motifs is 2. The third-order valence-corrected chi connectivity index (χ3v) is 6.42. The van der Waals surface area contributed by atoms with E-state index in [9.17, 15) is 9.90 Å². The van der Waals surface area contributed by atoms with E-state index in [2.05, 4.69) is 25.5 Å². The van der Waals surface area contributed by atoms with E-state index >= 15 is 0 Å². The number of aliphatic hydroxyl groups excluding tert-OH is 1. The van der Waals surface area contributed by atoms with Gasteiger partial charge in [-0.3, -0.25) is 4.79 Å². The number of ether oxygens (including phenoxy) is 2. The molecule has 0 spiro atoms. The molecule has 1 unspecified atom stereocenters. The smallest absolute Gasteiger partial charge is 0.263 e. The van der Waals surface area contributed by atoms with Gasteiger partial charge in [-0.2, -0.15) is 0 Å². The van der Waals surface area contributed by atoms with Gasteiger partial charge in [-0.05, 0) is 44.1 Å². The van der Waals surface area contributed by atoms with Gasteiger partial charge in [0.25, 0.3) is 5.91 Å². The van der Waals surface area contributed by atoms with Gasteiger partial charge in [0.1, 0.15) is 0 Å². The van der Waals surface area contributed by atoms with Crippen molar-refractivity contribution in [1.82, 2.24) is 20.2 Å². The highest BCUT2D eigenvalue weighted by Gasteiger charge is 2.23. The quantitative estimate of drug-likeness (QED) is 0.490. The molecule has 5 rings (SSSR count). The van der Waals surface area contributed by atoms with Crippen LogP contribution in [0.3, 0.4) is 0 Å². The van der Waals surface area contributed by atoms with Crippen molar-refractivity contribution in [3.8, 4) is 11.6 Å². The van der Waals surface area contributed by atoms with E-state index in [1.165, 1.54) is 0 Å². The molecule has 4 heterocycles. The van der Waals surface area contributed by atoms with Crippen LogP contribution in [0.5, 0.6) is 11.6 Å². The fraction of sp³-hybridized carbons (Fsp3) is 0.400. The zero-order valence-electron chi connectivity index (χ0n) is 19.2. The number of β-amino-alcohol motifs (C(OH)–C–C–N with tert-alkyl or cyclic N) is 1. The van der Waals surface area contributed by atoms with Crippen LogP contribution in [0.2, 0.25) is 0 Å². The molecule has 2 aliphatic heterocycles. The highest BCUT2D eigenvalue weighted by molar-refractivity contribution is 5.94. The van der Waals surface area contributed by atoms with Gasteiger partial charge in [0.2, 0.25) is 5.88 Å². The van der Waals surface area contributed by atoms with E-state index in [0.29, 0.717) is 36.6 Å². The monoisotopic (exact) mass is 463 g/mol. The van der Waals surface area contributed by atoms with Crippen LogP contribution in [-0.2, 0) is 11.3 Å². The average Bonchev–Trinajstić information content (AvgIpc) is 2.87. The highest BCUT2D eigenvalue weighted by Crippen LogP contribution is 2.27. The molecule has 3 N–H and O–H groups in total. The van der Waals surface area contributed by atoms with Crippen molar-refractivity contribution in [3.05, 3.63) is 53.7 Å². The Kier molecular flexibility index (Phi) is 6.57. The first-order chi connectivity index (χ1) is 16.6. The van der Waals surface area contributed by atoms with Crippen molar-refractivity contribution in [2.75, 3.05) is 38.7 Å². The number of nitrogens with zero attached hydrogens (tertiary/aromatic N) is 3. The van der Waals surface area contributed by atoms with Crippen LogP contribution in [0.15, 0.2) is 42.5 Å². The molecule has 1 amide bonds. The molecule has 9 heteroatoms. The Morgan fingerprint density at radius 1 is 1.21 bits per heavy atom. The summed E-state index contributed by atoms with van der Waals surface area (Å²) in [6.45, 7) is 3.02. The number of carbonyl (C=O) groups excluding carboxylic acids is 1. The van der Waals surface area contributed by atoms with Gasteiger partial charge in [-0.25, -0.2) is 9.97 Å². The third-order valence-electron chi connectivity index (χ3n) is 6.42. The summed E-state index contributed by atoms with van der Waals surface area (Å²) in [5.74, 6) is 1.45. The predicted octanol–water partition coefficient (Wildman–Crippen LogP) is 2.26. The fourth-order valence-electron chi connectivity index (χ4n) is 4.55. The number of methoxy groups -OCH3 is 1. The molecule has 0 saturated carbocycles. The number of hydrogen-bond donors (Lipinski definition) is 3. The number of benzene rings is 1. The standard InChI is InChI=1S/C25H29N5O4/c1-33-23-8-5-16-3-2-4-19(24(16)29-23)20(31)14-30-11-9-17(10-12-30)26-13-18-6-7-21-25(27-18)28-22(32)15-34-21/h2-8,17,20,26,31H,9-15H2,1H3,(H,27,28,32). The lowest BCUT2D eigenvalue weighted by Gasteiger charge is -2.33. The minimum Gasteiger partial charge on any atom is -0.481 e. The van der Waals surface area contributed by atoms with Crippen molar-refractivity contribution in [2.45, 2.75) is 31.5 Å². The zero-order valence-corrected chi connectivity index (χ0v) is 19.2. The predicted molar refractivity (Wildman–Crippen MR) is 128 cm³/mol. The van der Waals surface area contributed by atoms with E-state index in [0.717, 1.165) is 48.1 Å². The first-order valence-electron chi connectivity index (χ1n) is 11.6. The number of piperidine rings is 1. The van der Waals surface area contributed by atoms with Gasteiger partial charge in [0.15, 0.2) is 18.2 Å². The maximum Gasteiger partial charge on any atom is 0.263 e. The fourth-order valence-corrected chi connectivity index (χ4v) is 4.55. The molecule has 0 bridgehead atoms. The summed E-state index contributed by atoms with van der Waals surface area (Å²) in [5.41, 5.74) is 2.47. The number of aromatic nitrogens is 2. The molecule has 178 valence electrons. The van der Waals surface area contributed by atoms with Crippen LogP contribution in [-0.4, -0.2) is 65.3 Å². The Hall–Kier alpha value is -3.27. The number of nitrogens with one attached hydrogen (secondary N) is 2. The highest BCUT2D eigenvalue weighted by atomic mass is 16.5. The number of rotatable bonds is 7. The van der Waals surface area contributed by atoms with Crippen LogP contribution in [0.1, 0.15) is 30.2 Å². The molecule has 1 aromatic carbocycles. The average molecular weight is 464 g/mol. The van der Waals surface area contributed by atoms with Gasteiger partial charge in [0, 0.05) is 36.1 Å². The molecule has 34 heavy (non-hydrogen) atoms. The van der Waals surface area contributed by atoms with E-state index in [4.69, 9.17) is 9.47 Å². The first kappa shape index (κ1) is 22.5. The number of para-hydroxylation sites is 1. The lowest BCUT2D eigenvalue weighted by molar-refractivity contribution is -0.118. The Balaban J connectivity index is 1.14. The second-order valence-electron chi connectivity index (χ2n) is 8.73. The summed E-state index contributed by atoms with van der Waals surface area (Å²) in [7, 11) is 1.60. The lowest BCUT2D eigenvalue weighted by Crippen LogP contribution is -2.43. The summed E-state index contributed by atoms with van der Waals surface area (Å²) in [6.07, 6.45) is 1.35. The number of carbonyl (C=O) groups is 1. The Morgan fingerprint density at radius 3 is 2.88 bits per heavy atom. The van der Waals surface area contributed by atoms with Crippen molar-refractivity contribution >= 4 is 22.6 Å². The van der Waals surface area contributed by atoms with Gasteiger partial charge < -0.3 is 30.1 Å². The number of hydrogen-bond acceptors (Lipinski definition) is 8. The van der Waals surface area contributed by atoms with Crippen LogP contribution in [0, 0.1) is 0 Å². The number of amides is 1. The number of anilines is 1. The van der Waals surface area contributed by atoms with Gasteiger partial charge in [-0.1, -0.05) is 18.2 Å².